The van der Waals surface area contributed by atoms with Gasteiger partial charge in [-0.15, -0.1) is 0 Å². The fraction of sp³-hybridized carbons (Fsp3) is 1.00. The number of nitrogens with two attached hydrogens (primary N) is 1. The van der Waals surface area contributed by atoms with Crippen molar-refractivity contribution in [2.45, 2.75) is 46.0 Å². The Balaban J connectivity index is 2.18. The minimum atomic E-state index is 0.592. The van der Waals surface area contributed by atoms with Crippen LogP contribution in [0.5, 0.6) is 0 Å². The van der Waals surface area contributed by atoms with Crippen molar-refractivity contribution < 1.29 is 0 Å². The molecular weight excluding hydrogens is 134 g/mol. The fourth-order valence-electron chi connectivity index (χ4n) is 2.00. The molecule has 0 spiro atoms. The Labute approximate surface area is 70.4 Å². The van der Waals surface area contributed by atoms with E-state index in [2.05, 4.69) is 13.8 Å². The van der Waals surface area contributed by atoms with Crippen molar-refractivity contribution >= 4 is 0 Å². The zero-order chi connectivity index (χ0) is 8.32. The zero-order valence-electron chi connectivity index (χ0n) is 7.90. The van der Waals surface area contributed by atoms with Crippen LogP contribution in [0.1, 0.15) is 46.0 Å². The van der Waals surface area contributed by atoms with Crippen molar-refractivity contribution in [2.24, 2.45) is 17.1 Å². The number of hydrogen-bond donors (Lipinski definition) is 1. The molecule has 1 nitrogen and oxygen atoms in total. The van der Waals surface area contributed by atoms with Gasteiger partial charge in [0.25, 0.3) is 0 Å². The second-order valence-corrected chi connectivity index (χ2v) is 4.30. The first-order valence-corrected chi connectivity index (χ1v) is 4.92. The highest BCUT2D eigenvalue weighted by Gasteiger charge is 2.41. The smallest absolute Gasteiger partial charge is 0.00204 e. The molecule has 0 amide bonds. The highest BCUT2D eigenvalue weighted by Crippen LogP contribution is 2.50. The second kappa shape index (κ2) is 3.57. The molecule has 0 aromatic heterocycles. The molecule has 1 saturated carbocycles. The van der Waals surface area contributed by atoms with E-state index < -0.39 is 0 Å². The Morgan fingerprint density at radius 3 is 2.45 bits per heavy atom. The Morgan fingerprint density at radius 1 is 1.45 bits per heavy atom. The molecule has 1 unspecified atom stereocenters. The first-order chi connectivity index (χ1) is 5.22. The van der Waals surface area contributed by atoms with Crippen molar-refractivity contribution in [3.63, 3.8) is 0 Å². The van der Waals surface area contributed by atoms with Gasteiger partial charge in [-0.1, -0.05) is 26.7 Å². The molecule has 0 radical (unpaired) electrons. The van der Waals surface area contributed by atoms with Crippen LogP contribution in [0.3, 0.4) is 0 Å². The van der Waals surface area contributed by atoms with E-state index in [1.165, 1.54) is 32.1 Å². The first kappa shape index (κ1) is 9.05. The minimum absolute atomic E-state index is 0.592. The van der Waals surface area contributed by atoms with Crippen LogP contribution in [0.25, 0.3) is 0 Å². The van der Waals surface area contributed by atoms with Gasteiger partial charge in [0.15, 0.2) is 0 Å². The molecule has 1 aliphatic carbocycles. The maximum Gasteiger partial charge on any atom is -0.00204 e. The van der Waals surface area contributed by atoms with Gasteiger partial charge in [-0.3, -0.25) is 0 Å². The van der Waals surface area contributed by atoms with Crippen molar-refractivity contribution in [3.05, 3.63) is 0 Å². The lowest BCUT2D eigenvalue weighted by atomic mass is 9.90. The predicted molar refractivity (Wildman–Crippen MR) is 49.4 cm³/mol. The van der Waals surface area contributed by atoms with Crippen molar-refractivity contribution in [3.8, 4) is 0 Å². The number of rotatable bonds is 5. The maximum absolute atomic E-state index is 5.71. The highest BCUT2D eigenvalue weighted by molar-refractivity contribution is 4.94. The lowest BCUT2D eigenvalue weighted by molar-refractivity contribution is 0.359. The van der Waals surface area contributed by atoms with E-state index in [0.717, 1.165) is 12.5 Å². The van der Waals surface area contributed by atoms with Gasteiger partial charge in [-0.05, 0) is 37.1 Å². The first-order valence-electron chi connectivity index (χ1n) is 4.92. The third-order valence-corrected chi connectivity index (χ3v) is 2.95. The van der Waals surface area contributed by atoms with Crippen LogP contribution in [0, 0.1) is 11.3 Å². The summed E-state index contributed by atoms with van der Waals surface area (Å²) < 4.78 is 0. The van der Waals surface area contributed by atoms with Crippen LogP contribution in [-0.2, 0) is 0 Å². The van der Waals surface area contributed by atoms with Gasteiger partial charge in [0, 0.05) is 0 Å². The Kier molecular flexibility index (Phi) is 2.94. The lowest BCUT2D eigenvalue weighted by Gasteiger charge is -2.17. The Morgan fingerprint density at radius 2 is 2.09 bits per heavy atom. The van der Waals surface area contributed by atoms with E-state index in [0.29, 0.717) is 5.41 Å². The normalized spacial score (nSPS) is 23.2. The summed E-state index contributed by atoms with van der Waals surface area (Å²) in [5.41, 5.74) is 6.31. The predicted octanol–water partition coefficient (Wildman–Crippen LogP) is 2.55. The summed E-state index contributed by atoms with van der Waals surface area (Å²) in [6.45, 7) is 5.54. The summed E-state index contributed by atoms with van der Waals surface area (Å²) >= 11 is 0. The SMILES string of the molecule is CCCC(C)CC1(CN)CC1. The Hall–Kier alpha value is -0.0400. The van der Waals surface area contributed by atoms with Crippen LogP contribution in [0.2, 0.25) is 0 Å². The van der Waals surface area contributed by atoms with E-state index in [1.807, 2.05) is 0 Å². The van der Waals surface area contributed by atoms with E-state index in [-0.39, 0.29) is 0 Å². The molecule has 66 valence electrons. The maximum atomic E-state index is 5.71. The monoisotopic (exact) mass is 155 g/mol. The van der Waals surface area contributed by atoms with Crippen LogP contribution >= 0.6 is 0 Å². The summed E-state index contributed by atoms with van der Waals surface area (Å²) in [6, 6.07) is 0. The molecule has 1 fully saturated rings. The van der Waals surface area contributed by atoms with Gasteiger partial charge < -0.3 is 5.73 Å². The molecular formula is C10H21N. The summed E-state index contributed by atoms with van der Waals surface area (Å²) in [7, 11) is 0. The third kappa shape index (κ3) is 2.48. The second-order valence-electron chi connectivity index (χ2n) is 4.30. The van der Waals surface area contributed by atoms with E-state index in [9.17, 15) is 0 Å². The third-order valence-electron chi connectivity index (χ3n) is 2.95. The lowest BCUT2D eigenvalue weighted by Crippen LogP contribution is -2.18. The van der Waals surface area contributed by atoms with Crippen molar-refractivity contribution in [2.75, 3.05) is 6.54 Å². The fourth-order valence-corrected chi connectivity index (χ4v) is 2.00. The highest BCUT2D eigenvalue weighted by atomic mass is 14.7. The molecule has 1 aliphatic rings. The minimum Gasteiger partial charge on any atom is -0.330 e. The van der Waals surface area contributed by atoms with Crippen LogP contribution in [-0.4, -0.2) is 6.54 Å². The average Bonchev–Trinajstić information content (AvgIpc) is 2.70. The van der Waals surface area contributed by atoms with Gasteiger partial charge in [0.1, 0.15) is 0 Å². The standard InChI is InChI=1S/C10H21N/c1-3-4-9(2)7-10(8-11)5-6-10/h9H,3-8,11H2,1-2H3. The molecule has 1 atom stereocenters. The van der Waals surface area contributed by atoms with Crippen molar-refractivity contribution in [1.29, 1.82) is 0 Å². The Bertz CT molecular complexity index is 116. The number of hydrogen-bond acceptors (Lipinski definition) is 1. The average molecular weight is 155 g/mol. The summed E-state index contributed by atoms with van der Waals surface area (Å²) in [5, 5.41) is 0. The zero-order valence-corrected chi connectivity index (χ0v) is 7.90. The molecule has 0 aromatic carbocycles. The molecule has 0 aliphatic heterocycles. The molecule has 0 aromatic rings. The molecule has 2 N–H and O–H groups in total. The molecule has 11 heavy (non-hydrogen) atoms. The molecule has 1 heteroatoms. The topological polar surface area (TPSA) is 26.0 Å². The van der Waals surface area contributed by atoms with Gasteiger partial charge in [0.2, 0.25) is 0 Å². The molecule has 0 bridgehead atoms. The van der Waals surface area contributed by atoms with E-state index in [1.54, 1.807) is 0 Å². The summed E-state index contributed by atoms with van der Waals surface area (Å²) in [5.74, 6) is 0.894. The largest absolute Gasteiger partial charge is 0.330 e. The van der Waals surface area contributed by atoms with Crippen molar-refractivity contribution in [1.82, 2.24) is 0 Å². The van der Waals surface area contributed by atoms with Crippen LogP contribution < -0.4 is 5.73 Å². The van der Waals surface area contributed by atoms with E-state index >= 15 is 0 Å². The molecule has 0 saturated heterocycles. The van der Waals surface area contributed by atoms with Crippen LogP contribution in [0.4, 0.5) is 0 Å². The summed E-state index contributed by atoms with van der Waals surface area (Å²) in [4.78, 5) is 0. The van der Waals surface area contributed by atoms with Gasteiger partial charge in [0.05, 0.1) is 0 Å². The quantitative estimate of drug-likeness (QED) is 0.648. The van der Waals surface area contributed by atoms with Crippen LogP contribution in [0.15, 0.2) is 0 Å². The molecule has 0 heterocycles. The van der Waals surface area contributed by atoms with Gasteiger partial charge >= 0.3 is 0 Å². The van der Waals surface area contributed by atoms with E-state index in [4.69, 9.17) is 5.73 Å². The van der Waals surface area contributed by atoms with Gasteiger partial charge in [-0.25, -0.2) is 0 Å². The molecule has 1 rings (SSSR count). The van der Waals surface area contributed by atoms with Gasteiger partial charge in [-0.2, -0.15) is 0 Å². The summed E-state index contributed by atoms with van der Waals surface area (Å²) in [6.07, 6.45) is 6.84.